The molecule has 1 heterocycles. The lowest BCUT2D eigenvalue weighted by molar-refractivity contribution is 0.0446. The van der Waals surface area contributed by atoms with E-state index in [1.165, 1.54) is 19.3 Å². The Kier molecular flexibility index (Phi) is 3.90. The van der Waals surface area contributed by atoms with Gasteiger partial charge < -0.3 is 10.1 Å². The van der Waals surface area contributed by atoms with Gasteiger partial charge in [0.2, 0.25) is 0 Å². The van der Waals surface area contributed by atoms with E-state index in [9.17, 15) is 0 Å². The molecule has 0 aromatic heterocycles. The van der Waals surface area contributed by atoms with Crippen LogP contribution in [-0.2, 0) is 11.2 Å². The van der Waals surface area contributed by atoms with Crippen LogP contribution in [0.5, 0.6) is 0 Å². The Morgan fingerprint density at radius 2 is 2.05 bits per heavy atom. The number of ether oxygens (including phenoxy) is 1. The van der Waals surface area contributed by atoms with Gasteiger partial charge in [-0.3, -0.25) is 0 Å². The van der Waals surface area contributed by atoms with Crippen molar-refractivity contribution >= 4 is 0 Å². The van der Waals surface area contributed by atoms with Crippen molar-refractivity contribution in [3.8, 4) is 0 Å². The van der Waals surface area contributed by atoms with Gasteiger partial charge in [0.1, 0.15) is 0 Å². The first-order valence-corrected chi connectivity index (χ1v) is 7.67. The van der Waals surface area contributed by atoms with Crippen molar-refractivity contribution < 1.29 is 4.74 Å². The molecule has 1 fully saturated rings. The molecule has 0 saturated carbocycles. The van der Waals surface area contributed by atoms with E-state index >= 15 is 0 Å². The van der Waals surface area contributed by atoms with E-state index in [-0.39, 0.29) is 5.54 Å². The Hall–Kier alpha value is -0.860. The van der Waals surface area contributed by atoms with E-state index in [2.05, 4.69) is 36.5 Å². The third-order valence-corrected chi connectivity index (χ3v) is 4.87. The van der Waals surface area contributed by atoms with Crippen LogP contribution in [-0.4, -0.2) is 25.3 Å². The van der Waals surface area contributed by atoms with E-state index in [0.717, 1.165) is 32.6 Å². The van der Waals surface area contributed by atoms with Crippen molar-refractivity contribution in [2.24, 2.45) is 0 Å². The monoisotopic (exact) mass is 259 g/mol. The number of aryl methyl sites for hydroxylation is 1. The number of benzene rings is 1. The maximum atomic E-state index is 5.47. The molecule has 1 aromatic rings. The van der Waals surface area contributed by atoms with E-state index < -0.39 is 0 Å². The molecular formula is C17H25NO. The minimum absolute atomic E-state index is 0.282. The average molecular weight is 259 g/mol. The third-order valence-electron chi connectivity index (χ3n) is 4.87. The predicted molar refractivity (Wildman–Crippen MR) is 78.6 cm³/mol. The van der Waals surface area contributed by atoms with E-state index in [1.807, 2.05) is 0 Å². The van der Waals surface area contributed by atoms with Crippen LogP contribution in [0.25, 0.3) is 0 Å². The molecule has 0 spiro atoms. The van der Waals surface area contributed by atoms with Crippen molar-refractivity contribution in [1.82, 2.24) is 5.32 Å². The summed E-state index contributed by atoms with van der Waals surface area (Å²) in [6, 6.07) is 8.99. The molecular weight excluding hydrogens is 234 g/mol. The minimum Gasteiger partial charge on any atom is -0.381 e. The van der Waals surface area contributed by atoms with Crippen LogP contribution < -0.4 is 5.32 Å². The molecule has 1 atom stereocenters. The van der Waals surface area contributed by atoms with Crippen LogP contribution in [0.4, 0.5) is 0 Å². The zero-order valence-corrected chi connectivity index (χ0v) is 12.0. The van der Waals surface area contributed by atoms with Crippen LogP contribution in [0.15, 0.2) is 24.3 Å². The first-order chi connectivity index (χ1) is 9.27. The van der Waals surface area contributed by atoms with Gasteiger partial charge in [0.05, 0.1) is 0 Å². The Morgan fingerprint density at radius 1 is 1.26 bits per heavy atom. The van der Waals surface area contributed by atoms with Gasteiger partial charge >= 0.3 is 0 Å². The number of hydrogen-bond acceptors (Lipinski definition) is 2. The molecule has 104 valence electrons. The molecule has 0 bridgehead atoms. The van der Waals surface area contributed by atoms with Crippen molar-refractivity contribution in [3.63, 3.8) is 0 Å². The lowest BCUT2D eigenvalue weighted by atomic mass is 9.82. The smallest absolute Gasteiger partial charge is 0.0483 e. The maximum Gasteiger partial charge on any atom is 0.0483 e. The van der Waals surface area contributed by atoms with Gasteiger partial charge in [0.15, 0.2) is 0 Å². The first kappa shape index (κ1) is 13.1. The van der Waals surface area contributed by atoms with Crippen molar-refractivity contribution in [1.29, 1.82) is 0 Å². The average Bonchev–Trinajstić information content (AvgIpc) is 2.46. The lowest BCUT2D eigenvalue weighted by Crippen LogP contribution is -2.48. The quantitative estimate of drug-likeness (QED) is 0.899. The minimum atomic E-state index is 0.282. The summed E-state index contributed by atoms with van der Waals surface area (Å²) in [7, 11) is 0. The molecule has 2 aliphatic rings. The van der Waals surface area contributed by atoms with Crippen molar-refractivity contribution in [2.45, 2.75) is 50.5 Å². The zero-order chi connectivity index (χ0) is 13.1. The standard InChI is InChI=1S/C17H25NO/c1-17(9-11-19-12-10-17)18-13-15-7-4-6-14-5-2-3-8-16(14)15/h2-3,5,8,15,18H,4,6-7,9-13H2,1H3. The molecule has 1 unspecified atom stereocenters. The third kappa shape index (κ3) is 3.01. The van der Waals surface area contributed by atoms with Gasteiger partial charge in [-0.25, -0.2) is 0 Å². The molecule has 3 rings (SSSR count). The summed E-state index contributed by atoms with van der Waals surface area (Å²) in [5, 5.41) is 3.83. The highest BCUT2D eigenvalue weighted by Gasteiger charge is 2.28. The Bertz CT molecular complexity index is 423. The lowest BCUT2D eigenvalue weighted by Gasteiger charge is -2.37. The normalized spacial score (nSPS) is 25.8. The molecule has 1 aliphatic heterocycles. The highest BCUT2D eigenvalue weighted by Crippen LogP contribution is 2.32. The summed E-state index contributed by atoms with van der Waals surface area (Å²) in [4.78, 5) is 0. The van der Waals surface area contributed by atoms with Gasteiger partial charge in [-0.15, -0.1) is 0 Å². The maximum absolute atomic E-state index is 5.47. The summed E-state index contributed by atoms with van der Waals surface area (Å²) >= 11 is 0. The van der Waals surface area contributed by atoms with Gasteiger partial charge in [-0.1, -0.05) is 24.3 Å². The number of rotatable bonds is 3. The van der Waals surface area contributed by atoms with Crippen LogP contribution in [0.3, 0.4) is 0 Å². The zero-order valence-electron chi connectivity index (χ0n) is 12.0. The molecule has 2 nitrogen and oxygen atoms in total. The van der Waals surface area contributed by atoms with E-state index in [1.54, 1.807) is 11.1 Å². The number of hydrogen-bond donors (Lipinski definition) is 1. The summed E-state index contributed by atoms with van der Waals surface area (Å²) in [5.74, 6) is 0.699. The highest BCUT2D eigenvalue weighted by atomic mass is 16.5. The Labute approximate surface area is 116 Å². The second-order valence-electron chi connectivity index (χ2n) is 6.34. The molecule has 1 saturated heterocycles. The summed E-state index contributed by atoms with van der Waals surface area (Å²) in [6.45, 7) is 5.28. The SMILES string of the molecule is CC1(NCC2CCCc3ccccc32)CCOCC1. The summed E-state index contributed by atoms with van der Waals surface area (Å²) in [6.07, 6.45) is 6.21. The van der Waals surface area contributed by atoms with Gasteiger partial charge in [-0.2, -0.15) is 0 Å². The van der Waals surface area contributed by atoms with Gasteiger partial charge in [0, 0.05) is 25.3 Å². The fraction of sp³-hybridized carbons (Fsp3) is 0.647. The van der Waals surface area contributed by atoms with Gasteiger partial charge in [-0.05, 0) is 56.1 Å². The number of fused-ring (bicyclic) bond motifs is 1. The molecule has 19 heavy (non-hydrogen) atoms. The molecule has 1 N–H and O–H groups in total. The van der Waals surface area contributed by atoms with Crippen LogP contribution in [0.1, 0.15) is 49.7 Å². The second-order valence-corrected chi connectivity index (χ2v) is 6.34. The molecule has 0 radical (unpaired) electrons. The Balaban J connectivity index is 1.64. The number of nitrogens with one attached hydrogen (secondary N) is 1. The fourth-order valence-electron chi connectivity index (χ4n) is 3.43. The first-order valence-electron chi connectivity index (χ1n) is 7.67. The molecule has 0 amide bonds. The topological polar surface area (TPSA) is 21.3 Å². The largest absolute Gasteiger partial charge is 0.381 e. The van der Waals surface area contributed by atoms with Crippen molar-refractivity contribution in [3.05, 3.63) is 35.4 Å². The predicted octanol–water partition coefficient (Wildman–Crippen LogP) is 3.27. The molecule has 1 aliphatic carbocycles. The van der Waals surface area contributed by atoms with Crippen molar-refractivity contribution in [2.75, 3.05) is 19.8 Å². The second kappa shape index (κ2) is 5.64. The fourth-order valence-corrected chi connectivity index (χ4v) is 3.43. The summed E-state index contributed by atoms with van der Waals surface area (Å²) < 4.78 is 5.47. The molecule has 1 aromatic carbocycles. The van der Waals surface area contributed by atoms with Crippen LogP contribution in [0, 0.1) is 0 Å². The van der Waals surface area contributed by atoms with Crippen LogP contribution in [0.2, 0.25) is 0 Å². The van der Waals surface area contributed by atoms with E-state index in [4.69, 9.17) is 4.74 Å². The summed E-state index contributed by atoms with van der Waals surface area (Å²) in [5.41, 5.74) is 3.43. The molecule has 2 heteroatoms. The van der Waals surface area contributed by atoms with Gasteiger partial charge in [0.25, 0.3) is 0 Å². The highest BCUT2D eigenvalue weighted by molar-refractivity contribution is 5.32. The Morgan fingerprint density at radius 3 is 2.89 bits per heavy atom. The van der Waals surface area contributed by atoms with E-state index in [0.29, 0.717) is 5.92 Å². The van der Waals surface area contributed by atoms with Crippen LogP contribution >= 0.6 is 0 Å².